The molecule has 5 heteroatoms. The summed E-state index contributed by atoms with van der Waals surface area (Å²) in [5.41, 5.74) is 0. The molecule has 1 atom stereocenters. The van der Waals surface area contributed by atoms with Gasteiger partial charge in [-0.3, -0.25) is 4.79 Å². The van der Waals surface area contributed by atoms with Crippen LogP contribution in [0.2, 0.25) is 12.6 Å². The van der Waals surface area contributed by atoms with Gasteiger partial charge >= 0.3 is 14.5 Å². The first-order valence-electron chi connectivity index (χ1n) is 4.97. The Morgan fingerprint density at radius 2 is 2.07 bits per heavy atom. The average molecular weight is 220 g/mol. The fourth-order valence-electron chi connectivity index (χ4n) is 1.25. The second-order valence-electron chi connectivity index (χ2n) is 3.75. The Morgan fingerprint density at radius 3 is 2.43 bits per heavy atom. The molecule has 2 N–H and O–H groups in total. The molecule has 0 fully saturated rings. The number of esters is 1. The van der Waals surface area contributed by atoms with Crippen molar-refractivity contribution in [3.8, 4) is 0 Å². The van der Waals surface area contributed by atoms with Gasteiger partial charge in [-0.2, -0.15) is 0 Å². The molecule has 14 heavy (non-hydrogen) atoms. The van der Waals surface area contributed by atoms with Gasteiger partial charge in [0.05, 0.1) is 0 Å². The van der Waals surface area contributed by atoms with Crippen molar-refractivity contribution in [1.29, 1.82) is 0 Å². The summed E-state index contributed by atoms with van der Waals surface area (Å²) in [6, 6.07) is 0.435. The van der Waals surface area contributed by atoms with Crippen molar-refractivity contribution >= 4 is 14.5 Å². The first kappa shape index (κ1) is 13.6. The monoisotopic (exact) mass is 220 g/mol. The van der Waals surface area contributed by atoms with Gasteiger partial charge < -0.3 is 14.3 Å². The van der Waals surface area contributed by atoms with Crippen molar-refractivity contribution in [3.63, 3.8) is 0 Å². The lowest BCUT2D eigenvalue weighted by Crippen LogP contribution is -2.29. The minimum Gasteiger partial charge on any atom is -0.463 e. The zero-order chi connectivity index (χ0) is 11.2. The number of carbonyl (C=O) groups excluding carboxylic acids is 1. The molecule has 0 radical (unpaired) electrons. The molecule has 0 heterocycles. The molecule has 0 spiro atoms. The third-order valence-corrected chi connectivity index (χ3v) is 3.27. The highest BCUT2D eigenvalue weighted by molar-refractivity contribution is 6.63. The second kappa shape index (κ2) is 6.16. The minimum absolute atomic E-state index is 0.0798. The van der Waals surface area contributed by atoms with Crippen molar-refractivity contribution in [2.45, 2.75) is 51.8 Å². The maximum atomic E-state index is 10.7. The van der Waals surface area contributed by atoms with Gasteiger partial charge in [0.2, 0.25) is 0 Å². The second-order valence-corrected chi connectivity index (χ2v) is 6.68. The van der Waals surface area contributed by atoms with E-state index < -0.39 is 8.56 Å². The summed E-state index contributed by atoms with van der Waals surface area (Å²) in [5, 5.41) is 0. The largest absolute Gasteiger partial charge is 0.463 e. The van der Waals surface area contributed by atoms with Gasteiger partial charge in [-0.05, 0) is 31.9 Å². The maximum Gasteiger partial charge on any atom is 0.329 e. The molecular formula is C9H20O4Si. The molecule has 0 bridgehead atoms. The van der Waals surface area contributed by atoms with Crippen LogP contribution in [-0.4, -0.2) is 30.2 Å². The molecule has 0 aromatic rings. The van der Waals surface area contributed by atoms with Gasteiger partial charge in [0.1, 0.15) is 6.10 Å². The first-order chi connectivity index (χ1) is 6.35. The predicted molar refractivity (Wildman–Crippen MR) is 55.9 cm³/mol. The van der Waals surface area contributed by atoms with E-state index in [-0.39, 0.29) is 12.1 Å². The van der Waals surface area contributed by atoms with Crippen LogP contribution < -0.4 is 0 Å². The maximum absolute atomic E-state index is 10.7. The Morgan fingerprint density at radius 1 is 1.50 bits per heavy atom. The standard InChI is InChI=1S/C9H20O4Si/c1-4-9(13-8(2)10)6-5-7-14(3,11)12/h9,11-12H,4-7H2,1-3H3. The van der Waals surface area contributed by atoms with E-state index in [4.69, 9.17) is 4.74 Å². The fourth-order valence-corrected chi connectivity index (χ4v) is 2.12. The lowest BCUT2D eigenvalue weighted by atomic mass is 10.1. The lowest BCUT2D eigenvalue weighted by molar-refractivity contribution is -0.146. The van der Waals surface area contributed by atoms with Crippen LogP contribution >= 0.6 is 0 Å². The molecule has 4 nitrogen and oxygen atoms in total. The van der Waals surface area contributed by atoms with Crippen LogP contribution in [-0.2, 0) is 9.53 Å². The van der Waals surface area contributed by atoms with E-state index >= 15 is 0 Å². The molecule has 0 aliphatic rings. The van der Waals surface area contributed by atoms with Crippen molar-refractivity contribution in [2.24, 2.45) is 0 Å². The van der Waals surface area contributed by atoms with Crippen LogP contribution in [0.3, 0.4) is 0 Å². The predicted octanol–water partition coefficient (Wildman–Crippen LogP) is 1.16. The van der Waals surface area contributed by atoms with E-state index in [1.54, 1.807) is 0 Å². The normalized spacial score (nSPS) is 13.8. The summed E-state index contributed by atoms with van der Waals surface area (Å²) in [6.45, 7) is 4.82. The molecule has 0 aliphatic carbocycles. The summed E-state index contributed by atoms with van der Waals surface area (Å²) in [7, 11) is -2.92. The van der Waals surface area contributed by atoms with E-state index in [9.17, 15) is 14.4 Å². The Labute approximate surface area is 86.1 Å². The summed E-state index contributed by atoms with van der Waals surface area (Å²) in [5.74, 6) is -0.273. The van der Waals surface area contributed by atoms with Gasteiger partial charge in [-0.1, -0.05) is 6.92 Å². The minimum atomic E-state index is -2.92. The first-order valence-corrected chi connectivity index (χ1v) is 7.57. The summed E-state index contributed by atoms with van der Waals surface area (Å²) < 4.78 is 5.03. The van der Waals surface area contributed by atoms with E-state index in [1.165, 1.54) is 13.5 Å². The summed E-state index contributed by atoms with van der Waals surface area (Å²) in [6.07, 6.45) is 2.10. The molecule has 0 saturated carbocycles. The SMILES string of the molecule is CCC(CCC[Si](C)(O)O)OC(C)=O. The molecular weight excluding hydrogens is 200 g/mol. The number of carbonyl (C=O) groups is 1. The molecule has 84 valence electrons. The smallest absolute Gasteiger partial charge is 0.329 e. The average Bonchev–Trinajstić information content (AvgIpc) is 1.99. The molecule has 0 aliphatic heterocycles. The van der Waals surface area contributed by atoms with E-state index in [1.807, 2.05) is 6.92 Å². The zero-order valence-electron chi connectivity index (χ0n) is 9.12. The summed E-state index contributed by atoms with van der Waals surface area (Å²) >= 11 is 0. The zero-order valence-corrected chi connectivity index (χ0v) is 10.1. The van der Waals surface area contributed by atoms with Gasteiger partial charge in [0, 0.05) is 6.92 Å². The Kier molecular flexibility index (Phi) is 5.99. The van der Waals surface area contributed by atoms with Gasteiger partial charge in [0.25, 0.3) is 0 Å². The quantitative estimate of drug-likeness (QED) is 0.521. The molecule has 0 rings (SSSR count). The number of hydrogen-bond donors (Lipinski definition) is 2. The lowest BCUT2D eigenvalue weighted by Gasteiger charge is -2.16. The van der Waals surface area contributed by atoms with Gasteiger partial charge in [-0.25, -0.2) is 0 Å². The Bertz CT molecular complexity index is 176. The highest BCUT2D eigenvalue weighted by Gasteiger charge is 2.21. The van der Waals surface area contributed by atoms with Crippen molar-refractivity contribution in [2.75, 3.05) is 0 Å². The molecule has 0 aromatic heterocycles. The van der Waals surface area contributed by atoms with Crippen molar-refractivity contribution < 1.29 is 19.1 Å². The molecule has 0 aromatic carbocycles. The van der Waals surface area contributed by atoms with Crippen molar-refractivity contribution in [1.82, 2.24) is 0 Å². The fraction of sp³-hybridized carbons (Fsp3) is 0.889. The molecule has 0 amide bonds. The Balaban J connectivity index is 3.68. The van der Waals surface area contributed by atoms with Gasteiger partial charge in [0.15, 0.2) is 0 Å². The van der Waals surface area contributed by atoms with Crippen LogP contribution in [0, 0.1) is 0 Å². The van der Waals surface area contributed by atoms with Crippen molar-refractivity contribution in [3.05, 3.63) is 0 Å². The van der Waals surface area contributed by atoms with Crippen LogP contribution in [0.15, 0.2) is 0 Å². The highest BCUT2D eigenvalue weighted by atomic mass is 28.4. The number of hydrogen-bond acceptors (Lipinski definition) is 4. The summed E-state index contributed by atoms with van der Waals surface area (Å²) in [4.78, 5) is 29.0. The highest BCUT2D eigenvalue weighted by Crippen LogP contribution is 2.13. The molecule has 0 saturated heterocycles. The van der Waals surface area contributed by atoms with E-state index in [0.29, 0.717) is 18.9 Å². The Hall–Kier alpha value is -0.393. The third kappa shape index (κ3) is 8.22. The third-order valence-electron chi connectivity index (χ3n) is 1.96. The van der Waals surface area contributed by atoms with Crippen LogP contribution in [0.5, 0.6) is 0 Å². The van der Waals surface area contributed by atoms with E-state index in [2.05, 4.69) is 0 Å². The number of ether oxygens (including phenoxy) is 1. The molecule has 1 unspecified atom stereocenters. The van der Waals surface area contributed by atoms with Crippen LogP contribution in [0.4, 0.5) is 0 Å². The van der Waals surface area contributed by atoms with Crippen LogP contribution in [0.25, 0.3) is 0 Å². The van der Waals surface area contributed by atoms with E-state index in [0.717, 1.165) is 6.42 Å². The number of rotatable bonds is 6. The topological polar surface area (TPSA) is 66.8 Å². The van der Waals surface area contributed by atoms with Crippen LogP contribution in [0.1, 0.15) is 33.1 Å². The van der Waals surface area contributed by atoms with Gasteiger partial charge in [-0.15, -0.1) is 0 Å².